The number of methoxy groups -OCH3 is 1. The van der Waals surface area contributed by atoms with Crippen molar-refractivity contribution in [3.05, 3.63) is 24.3 Å². The lowest BCUT2D eigenvalue weighted by Crippen LogP contribution is -2.36. The van der Waals surface area contributed by atoms with Crippen molar-refractivity contribution in [3.8, 4) is 5.75 Å². The maximum atomic E-state index is 9.40. The van der Waals surface area contributed by atoms with Gasteiger partial charge in [-0.2, -0.15) is 0 Å². The molecule has 0 amide bonds. The van der Waals surface area contributed by atoms with E-state index in [9.17, 15) is 5.11 Å². The molecule has 2 atom stereocenters. The van der Waals surface area contributed by atoms with Crippen LogP contribution in [0.1, 0.15) is 12.8 Å². The van der Waals surface area contributed by atoms with Crippen LogP contribution in [0.5, 0.6) is 5.75 Å². The summed E-state index contributed by atoms with van der Waals surface area (Å²) in [5.41, 5.74) is 0.943. The predicted molar refractivity (Wildman–Crippen MR) is 66.5 cm³/mol. The van der Waals surface area contributed by atoms with E-state index in [0.29, 0.717) is 0 Å². The van der Waals surface area contributed by atoms with Gasteiger partial charge in [-0.1, -0.05) is 6.07 Å². The second-order valence-electron chi connectivity index (χ2n) is 4.22. The second-order valence-corrected chi connectivity index (χ2v) is 4.22. The van der Waals surface area contributed by atoms with E-state index in [-0.39, 0.29) is 18.8 Å². The van der Waals surface area contributed by atoms with Crippen LogP contribution >= 0.6 is 0 Å². The molecule has 0 bridgehead atoms. The van der Waals surface area contributed by atoms with Crippen LogP contribution in [0.3, 0.4) is 0 Å². The van der Waals surface area contributed by atoms with Gasteiger partial charge in [-0.15, -0.1) is 0 Å². The fourth-order valence-corrected chi connectivity index (χ4v) is 2.10. The number of hydrogen-bond acceptors (Lipinski definition) is 4. The van der Waals surface area contributed by atoms with E-state index in [1.807, 2.05) is 24.3 Å². The lowest BCUT2D eigenvalue weighted by molar-refractivity contribution is 0.0758. The summed E-state index contributed by atoms with van der Waals surface area (Å²) in [6.45, 7) is 0.864. The molecule has 4 heteroatoms. The summed E-state index contributed by atoms with van der Waals surface area (Å²) in [5.74, 6) is 0.805. The minimum atomic E-state index is -0.0513. The molecule has 4 nitrogen and oxygen atoms in total. The minimum Gasteiger partial charge on any atom is -0.497 e. The normalized spacial score (nSPS) is 21.2. The molecule has 1 fully saturated rings. The van der Waals surface area contributed by atoms with Crippen molar-refractivity contribution in [1.82, 2.24) is 0 Å². The van der Waals surface area contributed by atoms with Gasteiger partial charge in [0.05, 0.1) is 25.9 Å². The maximum absolute atomic E-state index is 9.40. The molecule has 17 heavy (non-hydrogen) atoms. The lowest BCUT2D eigenvalue weighted by atomic mass is 10.1. The van der Waals surface area contributed by atoms with Crippen LogP contribution in [0.25, 0.3) is 0 Å². The van der Waals surface area contributed by atoms with Gasteiger partial charge in [0, 0.05) is 18.4 Å². The fraction of sp³-hybridized carbons (Fsp3) is 0.538. The van der Waals surface area contributed by atoms with Gasteiger partial charge in [-0.3, -0.25) is 0 Å². The van der Waals surface area contributed by atoms with Crippen LogP contribution in [-0.4, -0.2) is 37.6 Å². The third kappa shape index (κ3) is 3.11. The molecule has 2 rings (SSSR count). The predicted octanol–water partition coefficient (Wildman–Crippen LogP) is 1.65. The van der Waals surface area contributed by atoms with Gasteiger partial charge in [-0.25, -0.2) is 0 Å². The summed E-state index contributed by atoms with van der Waals surface area (Å²) >= 11 is 0. The highest BCUT2D eigenvalue weighted by molar-refractivity contribution is 5.49. The largest absolute Gasteiger partial charge is 0.497 e. The second kappa shape index (κ2) is 5.89. The summed E-state index contributed by atoms with van der Waals surface area (Å²) in [4.78, 5) is 0. The zero-order chi connectivity index (χ0) is 12.1. The smallest absolute Gasteiger partial charge is 0.120 e. The summed E-state index contributed by atoms with van der Waals surface area (Å²) in [6, 6.07) is 7.64. The molecular weight excluding hydrogens is 218 g/mol. The van der Waals surface area contributed by atoms with Crippen LogP contribution < -0.4 is 10.1 Å². The Bertz CT molecular complexity index is 350. The van der Waals surface area contributed by atoms with Crippen molar-refractivity contribution >= 4 is 5.69 Å². The number of benzene rings is 1. The maximum Gasteiger partial charge on any atom is 0.120 e. The Morgan fingerprint density at radius 2 is 2.47 bits per heavy atom. The first-order valence-corrected chi connectivity index (χ1v) is 5.96. The van der Waals surface area contributed by atoms with Crippen LogP contribution in [0.4, 0.5) is 5.69 Å². The lowest BCUT2D eigenvalue weighted by Gasteiger charge is -2.23. The number of aliphatic hydroxyl groups excluding tert-OH is 1. The van der Waals surface area contributed by atoms with E-state index < -0.39 is 0 Å². The van der Waals surface area contributed by atoms with Crippen molar-refractivity contribution in [2.75, 3.05) is 25.6 Å². The zero-order valence-electron chi connectivity index (χ0n) is 10.1. The zero-order valence-corrected chi connectivity index (χ0v) is 10.1. The van der Waals surface area contributed by atoms with E-state index in [1.54, 1.807) is 7.11 Å². The highest BCUT2D eigenvalue weighted by Crippen LogP contribution is 2.21. The topological polar surface area (TPSA) is 50.7 Å². The number of rotatable bonds is 5. The molecule has 1 heterocycles. The van der Waals surface area contributed by atoms with Crippen molar-refractivity contribution in [3.63, 3.8) is 0 Å². The van der Waals surface area contributed by atoms with Gasteiger partial charge in [0.15, 0.2) is 0 Å². The minimum absolute atomic E-state index is 0.0513. The van der Waals surface area contributed by atoms with Gasteiger partial charge in [0.1, 0.15) is 5.75 Å². The fourth-order valence-electron chi connectivity index (χ4n) is 2.10. The number of ether oxygens (including phenoxy) is 2. The van der Waals surface area contributed by atoms with Crippen molar-refractivity contribution in [1.29, 1.82) is 0 Å². The molecule has 0 aliphatic carbocycles. The first kappa shape index (κ1) is 12.2. The number of aliphatic hydroxyl groups is 1. The number of anilines is 1. The first-order valence-electron chi connectivity index (χ1n) is 5.96. The van der Waals surface area contributed by atoms with Gasteiger partial charge in [-0.05, 0) is 25.0 Å². The molecule has 1 aromatic rings. The molecule has 0 radical (unpaired) electrons. The third-order valence-corrected chi connectivity index (χ3v) is 3.03. The molecule has 1 aromatic carbocycles. The molecule has 0 saturated carbocycles. The van der Waals surface area contributed by atoms with Crippen LogP contribution in [0.15, 0.2) is 24.3 Å². The Balaban J connectivity index is 2.01. The first-order chi connectivity index (χ1) is 8.33. The van der Waals surface area contributed by atoms with E-state index in [0.717, 1.165) is 30.9 Å². The van der Waals surface area contributed by atoms with E-state index in [1.165, 1.54) is 0 Å². The molecule has 0 spiro atoms. The molecule has 2 N–H and O–H groups in total. The van der Waals surface area contributed by atoms with Crippen molar-refractivity contribution < 1.29 is 14.6 Å². The van der Waals surface area contributed by atoms with E-state index >= 15 is 0 Å². The molecule has 2 unspecified atom stereocenters. The Morgan fingerprint density at radius 1 is 1.59 bits per heavy atom. The molecule has 0 aromatic heterocycles. The Kier molecular flexibility index (Phi) is 4.23. The Labute approximate surface area is 102 Å². The van der Waals surface area contributed by atoms with Crippen molar-refractivity contribution in [2.45, 2.75) is 25.0 Å². The van der Waals surface area contributed by atoms with Gasteiger partial charge < -0.3 is 19.9 Å². The van der Waals surface area contributed by atoms with E-state index in [2.05, 4.69) is 5.32 Å². The standard InChI is InChI=1S/C13H19NO3/c1-16-11-5-2-4-10(8-11)14-12(9-15)13-6-3-7-17-13/h2,4-5,8,12-15H,3,6-7,9H2,1H3. The summed E-state index contributed by atoms with van der Waals surface area (Å²) in [7, 11) is 1.64. The van der Waals surface area contributed by atoms with E-state index in [4.69, 9.17) is 9.47 Å². The SMILES string of the molecule is COc1cccc(NC(CO)C2CCCO2)c1. The average molecular weight is 237 g/mol. The molecule has 1 aliphatic heterocycles. The summed E-state index contributed by atoms with van der Waals surface area (Å²) < 4.78 is 10.7. The quantitative estimate of drug-likeness (QED) is 0.817. The van der Waals surface area contributed by atoms with Crippen molar-refractivity contribution in [2.24, 2.45) is 0 Å². The summed E-state index contributed by atoms with van der Waals surface area (Å²) in [6.07, 6.45) is 2.18. The molecule has 1 aliphatic rings. The Morgan fingerprint density at radius 3 is 3.12 bits per heavy atom. The third-order valence-electron chi connectivity index (χ3n) is 3.03. The summed E-state index contributed by atoms with van der Waals surface area (Å²) in [5, 5.41) is 12.7. The average Bonchev–Trinajstić information content (AvgIpc) is 2.90. The van der Waals surface area contributed by atoms with Crippen LogP contribution in [0.2, 0.25) is 0 Å². The van der Waals surface area contributed by atoms with Gasteiger partial charge in [0.25, 0.3) is 0 Å². The number of nitrogens with one attached hydrogen (secondary N) is 1. The van der Waals surface area contributed by atoms with Gasteiger partial charge >= 0.3 is 0 Å². The highest BCUT2D eigenvalue weighted by atomic mass is 16.5. The van der Waals surface area contributed by atoms with Crippen LogP contribution in [0, 0.1) is 0 Å². The Hall–Kier alpha value is -1.26. The highest BCUT2D eigenvalue weighted by Gasteiger charge is 2.25. The molecule has 94 valence electrons. The monoisotopic (exact) mass is 237 g/mol. The number of hydrogen-bond donors (Lipinski definition) is 2. The van der Waals surface area contributed by atoms with Crippen LogP contribution in [-0.2, 0) is 4.74 Å². The van der Waals surface area contributed by atoms with Gasteiger partial charge in [0.2, 0.25) is 0 Å². The molecule has 1 saturated heterocycles. The molecular formula is C13H19NO3.